The molecule has 20 heavy (non-hydrogen) atoms. The molecule has 4 heteroatoms. The second kappa shape index (κ2) is 6.79. The molecule has 0 aromatic carbocycles. The average molecular weight is 281 g/mol. The van der Waals surface area contributed by atoms with Gasteiger partial charge in [0.1, 0.15) is 0 Å². The summed E-state index contributed by atoms with van der Waals surface area (Å²) in [6.45, 7) is 11.3. The van der Waals surface area contributed by atoms with Crippen molar-refractivity contribution in [1.82, 2.24) is 10.6 Å². The Kier molecular flexibility index (Phi) is 5.30. The molecular formula is C16H31N3O. The molecule has 2 saturated carbocycles. The van der Waals surface area contributed by atoms with Crippen LogP contribution in [0.4, 0.5) is 0 Å². The molecule has 0 saturated heterocycles. The number of nitrogens with one attached hydrogen (secondary N) is 2. The van der Waals surface area contributed by atoms with Crippen LogP contribution in [0.1, 0.15) is 53.4 Å². The normalized spacial score (nSPS) is 28.1. The van der Waals surface area contributed by atoms with Crippen LogP contribution < -0.4 is 10.6 Å². The first-order valence-corrected chi connectivity index (χ1v) is 8.28. The molecule has 0 aliphatic heterocycles. The lowest BCUT2D eigenvalue weighted by atomic mass is 9.51. The third-order valence-corrected chi connectivity index (χ3v) is 4.71. The van der Waals surface area contributed by atoms with E-state index in [1.165, 1.54) is 19.3 Å². The number of aliphatic imine (C=N–C) groups is 1. The van der Waals surface area contributed by atoms with Gasteiger partial charge < -0.3 is 15.4 Å². The zero-order valence-corrected chi connectivity index (χ0v) is 13.5. The minimum absolute atomic E-state index is 0.393. The first-order valence-electron chi connectivity index (χ1n) is 8.28. The van der Waals surface area contributed by atoms with Gasteiger partial charge >= 0.3 is 0 Å². The van der Waals surface area contributed by atoms with E-state index in [1.807, 2.05) is 0 Å². The summed E-state index contributed by atoms with van der Waals surface area (Å²) in [5.74, 6) is 1.58. The molecule has 2 atom stereocenters. The van der Waals surface area contributed by atoms with E-state index in [0.717, 1.165) is 32.1 Å². The average Bonchev–Trinajstić information content (AvgIpc) is 2.32. The van der Waals surface area contributed by atoms with Crippen molar-refractivity contribution in [3.05, 3.63) is 0 Å². The Morgan fingerprint density at radius 1 is 1.35 bits per heavy atom. The number of hydrogen-bond acceptors (Lipinski definition) is 2. The fraction of sp³-hybridized carbons (Fsp3) is 0.938. The number of hydrogen-bond donors (Lipinski definition) is 2. The molecule has 2 aliphatic carbocycles. The van der Waals surface area contributed by atoms with Crippen LogP contribution in [0.15, 0.2) is 4.99 Å². The van der Waals surface area contributed by atoms with E-state index in [1.54, 1.807) is 0 Å². The molecule has 2 aliphatic rings. The highest BCUT2D eigenvalue weighted by atomic mass is 16.5. The van der Waals surface area contributed by atoms with Gasteiger partial charge in [-0.3, -0.25) is 4.99 Å². The van der Waals surface area contributed by atoms with Gasteiger partial charge in [0, 0.05) is 31.2 Å². The summed E-state index contributed by atoms with van der Waals surface area (Å²) in [6, 6.07) is 0.540. The van der Waals surface area contributed by atoms with Crippen LogP contribution in [0, 0.1) is 11.3 Å². The minimum Gasteiger partial charge on any atom is -0.378 e. The molecule has 0 heterocycles. The largest absolute Gasteiger partial charge is 0.378 e. The molecule has 0 radical (unpaired) electrons. The molecule has 4 nitrogen and oxygen atoms in total. The van der Waals surface area contributed by atoms with Crippen LogP contribution in [0.2, 0.25) is 0 Å². The van der Waals surface area contributed by atoms with E-state index in [-0.39, 0.29) is 0 Å². The first-order chi connectivity index (χ1) is 9.62. The predicted molar refractivity (Wildman–Crippen MR) is 84.1 cm³/mol. The van der Waals surface area contributed by atoms with Crippen LogP contribution in [0.5, 0.6) is 0 Å². The molecule has 2 fully saturated rings. The highest BCUT2D eigenvalue weighted by Crippen LogP contribution is 2.57. The number of guanidine groups is 1. The third-order valence-electron chi connectivity index (χ3n) is 4.71. The van der Waals surface area contributed by atoms with E-state index >= 15 is 0 Å². The van der Waals surface area contributed by atoms with E-state index in [9.17, 15) is 0 Å². The van der Waals surface area contributed by atoms with Crippen LogP contribution in [0.3, 0.4) is 0 Å². The highest BCUT2D eigenvalue weighted by Gasteiger charge is 2.59. The lowest BCUT2D eigenvalue weighted by Crippen LogP contribution is -2.68. The van der Waals surface area contributed by atoms with Crippen molar-refractivity contribution in [3.8, 4) is 0 Å². The van der Waals surface area contributed by atoms with Gasteiger partial charge in [-0.2, -0.15) is 0 Å². The van der Waals surface area contributed by atoms with Gasteiger partial charge in [-0.25, -0.2) is 0 Å². The van der Waals surface area contributed by atoms with Gasteiger partial charge in [0.15, 0.2) is 5.96 Å². The van der Waals surface area contributed by atoms with Crippen molar-refractivity contribution in [2.75, 3.05) is 19.7 Å². The van der Waals surface area contributed by atoms with Crippen molar-refractivity contribution in [3.63, 3.8) is 0 Å². The summed E-state index contributed by atoms with van der Waals surface area (Å²) in [5.41, 5.74) is 0.393. The maximum atomic E-state index is 5.91. The van der Waals surface area contributed by atoms with E-state index in [2.05, 4.69) is 43.3 Å². The molecule has 116 valence electrons. The van der Waals surface area contributed by atoms with Crippen LogP contribution >= 0.6 is 0 Å². The molecule has 2 N–H and O–H groups in total. The monoisotopic (exact) mass is 281 g/mol. The molecule has 0 aromatic heterocycles. The van der Waals surface area contributed by atoms with E-state index in [4.69, 9.17) is 4.74 Å². The third kappa shape index (κ3) is 3.11. The maximum Gasteiger partial charge on any atom is 0.191 e. The zero-order chi connectivity index (χ0) is 14.6. The van der Waals surface area contributed by atoms with Gasteiger partial charge in [0.2, 0.25) is 0 Å². The molecule has 0 aromatic rings. The Bertz CT molecular complexity index is 337. The van der Waals surface area contributed by atoms with Gasteiger partial charge in [-0.15, -0.1) is 0 Å². The number of nitrogens with zero attached hydrogens (tertiary/aromatic N) is 1. The lowest BCUT2D eigenvalue weighted by molar-refractivity contribution is -0.168. The second-order valence-corrected chi connectivity index (χ2v) is 6.58. The van der Waals surface area contributed by atoms with Crippen molar-refractivity contribution in [1.29, 1.82) is 0 Å². The SMILES string of the molecule is CCNC(=NCC(C)C)NC1CC(OCC)C12CCC2. The molecule has 0 bridgehead atoms. The summed E-state index contributed by atoms with van der Waals surface area (Å²) in [7, 11) is 0. The van der Waals surface area contributed by atoms with Crippen molar-refractivity contribution in [2.24, 2.45) is 16.3 Å². The van der Waals surface area contributed by atoms with E-state index in [0.29, 0.717) is 23.5 Å². The summed E-state index contributed by atoms with van der Waals surface area (Å²) in [6.07, 6.45) is 5.55. The fourth-order valence-corrected chi connectivity index (χ4v) is 3.40. The summed E-state index contributed by atoms with van der Waals surface area (Å²) < 4.78 is 5.91. The molecular weight excluding hydrogens is 250 g/mol. The Hall–Kier alpha value is -0.770. The predicted octanol–water partition coefficient (Wildman–Crippen LogP) is 2.55. The van der Waals surface area contributed by atoms with Gasteiger partial charge in [0.05, 0.1) is 6.10 Å². The zero-order valence-electron chi connectivity index (χ0n) is 13.5. The minimum atomic E-state index is 0.393. The number of ether oxygens (including phenoxy) is 1. The van der Waals surface area contributed by atoms with E-state index < -0.39 is 0 Å². The van der Waals surface area contributed by atoms with Crippen LogP contribution in [0.25, 0.3) is 0 Å². The van der Waals surface area contributed by atoms with Crippen molar-refractivity contribution in [2.45, 2.75) is 65.5 Å². The Morgan fingerprint density at radius 3 is 2.60 bits per heavy atom. The van der Waals surface area contributed by atoms with Gasteiger partial charge in [-0.1, -0.05) is 20.3 Å². The maximum absolute atomic E-state index is 5.91. The lowest BCUT2D eigenvalue weighted by Gasteiger charge is -2.61. The van der Waals surface area contributed by atoms with Crippen LogP contribution in [-0.2, 0) is 4.74 Å². The van der Waals surface area contributed by atoms with Crippen molar-refractivity contribution < 1.29 is 4.74 Å². The smallest absolute Gasteiger partial charge is 0.191 e. The fourth-order valence-electron chi connectivity index (χ4n) is 3.40. The number of rotatable bonds is 6. The first kappa shape index (κ1) is 15.6. The summed E-state index contributed by atoms with van der Waals surface area (Å²) in [5, 5.41) is 7.02. The second-order valence-electron chi connectivity index (χ2n) is 6.58. The van der Waals surface area contributed by atoms with Crippen LogP contribution in [-0.4, -0.2) is 37.8 Å². The Morgan fingerprint density at radius 2 is 2.10 bits per heavy atom. The van der Waals surface area contributed by atoms with Gasteiger partial charge in [-0.05, 0) is 39.0 Å². The molecule has 1 spiro atoms. The quantitative estimate of drug-likeness (QED) is 0.581. The summed E-state index contributed by atoms with van der Waals surface area (Å²) >= 11 is 0. The van der Waals surface area contributed by atoms with Gasteiger partial charge in [0.25, 0.3) is 0 Å². The molecule has 0 amide bonds. The topological polar surface area (TPSA) is 45.7 Å². The summed E-state index contributed by atoms with van der Waals surface area (Å²) in [4.78, 5) is 4.68. The molecule has 2 rings (SSSR count). The standard InChI is InChI=1S/C16H31N3O/c1-5-17-15(18-11-12(3)4)19-13-10-14(20-6-2)16(13)8-7-9-16/h12-14H,5-11H2,1-4H3,(H2,17,18,19). The Labute approximate surface area is 123 Å². The highest BCUT2D eigenvalue weighted by molar-refractivity contribution is 5.80. The Balaban J connectivity index is 1.92. The van der Waals surface area contributed by atoms with Crippen molar-refractivity contribution >= 4 is 5.96 Å². The molecule has 2 unspecified atom stereocenters.